The number of nitrogens with zero attached hydrogens (tertiary/aromatic N) is 1. The fraction of sp³-hybridized carbons (Fsp3) is 0.200. The maximum Gasteiger partial charge on any atom is 0.339 e. The zero-order valence-corrected chi connectivity index (χ0v) is 15.4. The number of hydrazine groups is 1. The molecule has 2 aromatic heterocycles. The molecule has 2 N–H and O–H groups in total. The third-order valence-corrected chi connectivity index (χ3v) is 4.34. The second-order valence-electron chi connectivity index (χ2n) is 6.10. The van der Waals surface area contributed by atoms with Crippen LogP contribution < -0.4 is 21.2 Å². The highest BCUT2D eigenvalue weighted by atomic mass is 16.5. The van der Waals surface area contributed by atoms with E-state index < -0.39 is 17.4 Å². The number of amides is 2. The average molecular weight is 381 g/mol. The minimum atomic E-state index is -0.495. The molecule has 0 atom stereocenters. The Hall–Kier alpha value is -3.68. The van der Waals surface area contributed by atoms with Crippen molar-refractivity contribution in [2.75, 3.05) is 7.11 Å². The number of benzene rings is 1. The lowest BCUT2D eigenvalue weighted by atomic mass is 10.0. The van der Waals surface area contributed by atoms with E-state index in [1.54, 1.807) is 30.5 Å². The number of methoxy groups -OCH3 is 1. The largest absolute Gasteiger partial charge is 0.497 e. The molecule has 3 rings (SSSR count). The Morgan fingerprint density at radius 2 is 2.04 bits per heavy atom. The molecular weight excluding hydrogens is 362 g/mol. The van der Waals surface area contributed by atoms with Crippen LogP contribution in [0, 0.1) is 6.92 Å². The number of hydrogen-bond acceptors (Lipinski definition) is 6. The molecule has 28 heavy (non-hydrogen) atoms. The summed E-state index contributed by atoms with van der Waals surface area (Å²) in [5.41, 5.74) is 6.07. The van der Waals surface area contributed by atoms with E-state index in [9.17, 15) is 14.4 Å². The van der Waals surface area contributed by atoms with Crippen molar-refractivity contribution < 1.29 is 18.7 Å². The van der Waals surface area contributed by atoms with Crippen molar-refractivity contribution in [2.24, 2.45) is 0 Å². The summed E-state index contributed by atoms with van der Waals surface area (Å²) in [6.07, 6.45) is 3.13. The molecule has 8 heteroatoms. The monoisotopic (exact) mass is 381 g/mol. The van der Waals surface area contributed by atoms with Crippen molar-refractivity contribution in [3.05, 3.63) is 69.8 Å². The molecule has 0 saturated heterocycles. The Bertz CT molecular complexity index is 1080. The standard InChI is InChI=1S/C20H19N3O5/c1-12-15-6-5-14(27-2)10-17(15)28-20(26)16(12)7-8-18(24)22-23-19(25)13-4-3-9-21-11-13/h3-6,9-11H,7-8H2,1-2H3,(H,22,24)(H,23,25). The lowest BCUT2D eigenvalue weighted by molar-refractivity contribution is -0.121. The van der Waals surface area contributed by atoms with Crippen LogP contribution in [0.2, 0.25) is 0 Å². The number of pyridine rings is 1. The second-order valence-corrected chi connectivity index (χ2v) is 6.10. The van der Waals surface area contributed by atoms with Crippen LogP contribution in [0.4, 0.5) is 0 Å². The first-order chi connectivity index (χ1) is 13.5. The van der Waals surface area contributed by atoms with E-state index in [-0.39, 0.29) is 12.8 Å². The van der Waals surface area contributed by atoms with Gasteiger partial charge in [-0.1, -0.05) is 0 Å². The minimum absolute atomic E-state index is 0.0145. The van der Waals surface area contributed by atoms with Crippen molar-refractivity contribution >= 4 is 22.8 Å². The number of carbonyl (C=O) groups is 2. The number of aryl methyl sites for hydroxylation is 1. The van der Waals surface area contributed by atoms with E-state index in [0.29, 0.717) is 22.5 Å². The van der Waals surface area contributed by atoms with Crippen molar-refractivity contribution in [2.45, 2.75) is 19.8 Å². The Morgan fingerprint density at radius 1 is 1.21 bits per heavy atom. The van der Waals surface area contributed by atoms with Gasteiger partial charge in [0.15, 0.2) is 0 Å². The molecule has 0 aliphatic heterocycles. The lowest BCUT2D eigenvalue weighted by Crippen LogP contribution is -2.41. The summed E-state index contributed by atoms with van der Waals surface area (Å²) < 4.78 is 10.5. The van der Waals surface area contributed by atoms with Gasteiger partial charge >= 0.3 is 5.63 Å². The van der Waals surface area contributed by atoms with Crippen molar-refractivity contribution in [3.8, 4) is 5.75 Å². The topological polar surface area (TPSA) is 111 Å². The summed E-state index contributed by atoms with van der Waals surface area (Å²) in [6.45, 7) is 1.81. The molecule has 1 aromatic carbocycles. The zero-order chi connectivity index (χ0) is 20.1. The van der Waals surface area contributed by atoms with Crippen LogP contribution in [0.5, 0.6) is 5.75 Å². The van der Waals surface area contributed by atoms with Crippen molar-refractivity contribution in [1.82, 2.24) is 15.8 Å². The Balaban J connectivity index is 1.65. The van der Waals surface area contributed by atoms with E-state index >= 15 is 0 Å². The predicted molar refractivity (Wildman–Crippen MR) is 102 cm³/mol. The fourth-order valence-corrected chi connectivity index (χ4v) is 2.79. The zero-order valence-electron chi connectivity index (χ0n) is 15.4. The number of ether oxygens (including phenoxy) is 1. The first-order valence-electron chi connectivity index (χ1n) is 8.59. The first kappa shape index (κ1) is 19.1. The van der Waals surface area contributed by atoms with Gasteiger partial charge in [0, 0.05) is 35.8 Å². The van der Waals surface area contributed by atoms with E-state index in [1.165, 1.54) is 13.3 Å². The molecule has 0 radical (unpaired) electrons. The van der Waals surface area contributed by atoms with Gasteiger partial charge in [-0.05, 0) is 43.2 Å². The van der Waals surface area contributed by atoms with Crippen molar-refractivity contribution in [1.29, 1.82) is 0 Å². The molecule has 0 unspecified atom stereocenters. The van der Waals surface area contributed by atoms with Crippen LogP contribution in [-0.4, -0.2) is 23.9 Å². The SMILES string of the molecule is COc1ccc2c(C)c(CCC(=O)NNC(=O)c3cccnc3)c(=O)oc2c1. The maximum atomic E-state index is 12.3. The molecule has 0 aliphatic carbocycles. The van der Waals surface area contributed by atoms with Crippen LogP contribution >= 0.6 is 0 Å². The normalized spacial score (nSPS) is 10.5. The highest BCUT2D eigenvalue weighted by molar-refractivity contribution is 5.95. The van der Waals surface area contributed by atoms with E-state index in [1.807, 2.05) is 13.0 Å². The van der Waals surface area contributed by atoms with Crippen LogP contribution in [0.15, 0.2) is 51.9 Å². The molecule has 8 nitrogen and oxygen atoms in total. The molecule has 0 aliphatic rings. The fourth-order valence-electron chi connectivity index (χ4n) is 2.79. The Labute approximate surface area is 160 Å². The number of aromatic nitrogens is 1. The highest BCUT2D eigenvalue weighted by Gasteiger charge is 2.14. The Morgan fingerprint density at radius 3 is 2.75 bits per heavy atom. The van der Waals surface area contributed by atoms with Crippen LogP contribution in [0.1, 0.15) is 27.9 Å². The maximum absolute atomic E-state index is 12.3. The molecule has 3 aromatic rings. The predicted octanol–water partition coefficient (Wildman–Crippen LogP) is 1.90. The molecular formula is C20H19N3O5. The van der Waals surface area contributed by atoms with E-state index in [4.69, 9.17) is 9.15 Å². The number of fused-ring (bicyclic) bond motifs is 1. The average Bonchev–Trinajstić information content (AvgIpc) is 2.71. The Kier molecular flexibility index (Phi) is 5.69. The summed E-state index contributed by atoms with van der Waals surface area (Å²) in [4.78, 5) is 40.1. The van der Waals surface area contributed by atoms with Crippen molar-refractivity contribution in [3.63, 3.8) is 0 Å². The van der Waals surface area contributed by atoms with Crippen LogP contribution in [-0.2, 0) is 11.2 Å². The quantitative estimate of drug-likeness (QED) is 0.516. The lowest BCUT2D eigenvalue weighted by Gasteiger charge is -2.10. The van der Waals surface area contributed by atoms with Crippen LogP contribution in [0.25, 0.3) is 11.0 Å². The van der Waals surface area contributed by atoms with Gasteiger partial charge in [0.2, 0.25) is 5.91 Å². The summed E-state index contributed by atoms with van der Waals surface area (Å²) >= 11 is 0. The number of carbonyl (C=O) groups excluding carboxylic acids is 2. The van der Waals surface area contributed by atoms with Gasteiger partial charge in [-0.25, -0.2) is 4.79 Å². The number of hydrogen-bond donors (Lipinski definition) is 2. The number of nitrogens with one attached hydrogen (secondary N) is 2. The molecule has 0 bridgehead atoms. The van der Waals surface area contributed by atoms with Gasteiger partial charge in [0.05, 0.1) is 12.7 Å². The smallest absolute Gasteiger partial charge is 0.339 e. The van der Waals surface area contributed by atoms with E-state index in [2.05, 4.69) is 15.8 Å². The second kappa shape index (κ2) is 8.34. The van der Waals surface area contributed by atoms with Gasteiger partial charge in [-0.15, -0.1) is 0 Å². The first-order valence-corrected chi connectivity index (χ1v) is 8.59. The number of rotatable bonds is 5. The van der Waals surface area contributed by atoms with E-state index in [0.717, 1.165) is 10.9 Å². The van der Waals surface area contributed by atoms with Gasteiger partial charge in [0.1, 0.15) is 11.3 Å². The molecule has 0 saturated carbocycles. The summed E-state index contributed by atoms with van der Waals surface area (Å²) in [6, 6.07) is 8.43. The van der Waals surface area contributed by atoms with Gasteiger partial charge in [-0.3, -0.25) is 25.4 Å². The van der Waals surface area contributed by atoms with Gasteiger partial charge in [0.25, 0.3) is 5.91 Å². The summed E-state index contributed by atoms with van der Waals surface area (Å²) in [5, 5.41) is 0.778. The summed E-state index contributed by atoms with van der Waals surface area (Å²) in [5.74, 6) is -0.311. The summed E-state index contributed by atoms with van der Waals surface area (Å²) in [7, 11) is 1.53. The van der Waals surface area contributed by atoms with Gasteiger partial charge < -0.3 is 9.15 Å². The molecule has 2 amide bonds. The minimum Gasteiger partial charge on any atom is -0.497 e. The van der Waals surface area contributed by atoms with Gasteiger partial charge in [-0.2, -0.15) is 0 Å². The third-order valence-electron chi connectivity index (χ3n) is 4.34. The molecule has 144 valence electrons. The molecule has 0 spiro atoms. The molecule has 2 heterocycles. The highest BCUT2D eigenvalue weighted by Crippen LogP contribution is 2.24. The third kappa shape index (κ3) is 4.17. The molecule has 0 fully saturated rings. The van der Waals surface area contributed by atoms with Crippen LogP contribution in [0.3, 0.4) is 0 Å².